The van der Waals surface area contributed by atoms with Crippen molar-refractivity contribution in [2.45, 2.75) is 19.6 Å². The van der Waals surface area contributed by atoms with Crippen molar-refractivity contribution in [3.8, 4) is 5.75 Å². The van der Waals surface area contributed by atoms with Gasteiger partial charge in [-0.15, -0.1) is 0 Å². The average molecular weight is 367 g/mol. The average Bonchev–Trinajstić information content (AvgIpc) is 3.04. The van der Waals surface area contributed by atoms with E-state index in [1.165, 1.54) is 7.11 Å². The zero-order valence-electron chi connectivity index (χ0n) is 15.1. The van der Waals surface area contributed by atoms with E-state index in [-0.39, 0.29) is 38.0 Å². The van der Waals surface area contributed by atoms with Gasteiger partial charge in [0.25, 0.3) is 0 Å². The second kappa shape index (κ2) is 8.84. The third-order valence-electron chi connectivity index (χ3n) is 4.03. The van der Waals surface area contributed by atoms with Crippen LogP contribution in [-0.4, -0.2) is 35.1 Å². The van der Waals surface area contributed by atoms with Crippen molar-refractivity contribution in [3.05, 3.63) is 60.4 Å². The highest BCUT2D eigenvalue weighted by atomic mass is 16.5. The Hall–Kier alpha value is -3.35. The van der Waals surface area contributed by atoms with Gasteiger partial charge in [-0.1, -0.05) is 30.3 Å². The molecule has 3 rings (SSSR count). The maximum atomic E-state index is 12.3. The fraction of sp³-hybridized carbons (Fsp3) is 0.250. The summed E-state index contributed by atoms with van der Waals surface area (Å²) in [5, 5.41) is 2.72. The number of esters is 1. The number of fused-ring (bicyclic) bond motifs is 1. The fourth-order valence-corrected chi connectivity index (χ4v) is 2.68. The zero-order chi connectivity index (χ0) is 19.1. The van der Waals surface area contributed by atoms with Gasteiger partial charge in [-0.05, 0) is 24.3 Å². The van der Waals surface area contributed by atoms with Gasteiger partial charge < -0.3 is 19.4 Å². The first-order valence-corrected chi connectivity index (χ1v) is 8.63. The second-order valence-electron chi connectivity index (χ2n) is 5.88. The maximum absolute atomic E-state index is 12.3. The van der Waals surface area contributed by atoms with Gasteiger partial charge in [0, 0.05) is 6.54 Å². The van der Waals surface area contributed by atoms with Crippen LogP contribution in [0.3, 0.4) is 0 Å². The summed E-state index contributed by atoms with van der Waals surface area (Å²) in [4.78, 5) is 28.0. The number of rotatable bonds is 8. The Morgan fingerprint density at radius 2 is 1.81 bits per heavy atom. The summed E-state index contributed by atoms with van der Waals surface area (Å²) in [7, 11) is 1.32. The van der Waals surface area contributed by atoms with Gasteiger partial charge in [-0.2, -0.15) is 0 Å². The van der Waals surface area contributed by atoms with Crippen molar-refractivity contribution in [3.63, 3.8) is 0 Å². The molecule has 0 bridgehead atoms. The number of aromatic nitrogens is 2. The summed E-state index contributed by atoms with van der Waals surface area (Å²) in [6.07, 6.45) is 0.136. The van der Waals surface area contributed by atoms with E-state index in [0.717, 1.165) is 16.8 Å². The highest BCUT2D eigenvalue weighted by Crippen LogP contribution is 2.18. The number of hydrogen-bond donors (Lipinski definition) is 1. The molecule has 3 aromatic rings. The molecule has 0 aliphatic rings. The molecule has 1 aromatic heterocycles. The van der Waals surface area contributed by atoms with E-state index < -0.39 is 0 Å². The second-order valence-corrected chi connectivity index (χ2v) is 5.88. The van der Waals surface area contributed by atoms with Crippen LogP contribution in [0.4, 0.5) is 0 Å². The van der Waals surface area contributed by atoms with E-state index >= 15 is 0 Å². The Labute approximate surface area is 156 Å². The summed E-state index contributed by atoms with van der Waals surface area (Å²) in [6.45, 7) is 0.567. The van der Waals surface area contributed by atoms with E-state index in [4.69, 9.17) is 4.74 Å². The van der Waals surface area contributed by atoms with Crippen molar-refractivity contribution < 1.29 is 19.1 Å². The number of amides is 1. The van der Waals surface area contributed by atoms with Gasteiger partial charge in [-0.25, -0.2) is 4.98 Å². The van der Waals surface area contributed by atoms with Gasteiger partial charge in [0.2, 0.25) is 5.91 Å². The lowest BCUT2D eigenvalue weighted by Gasteiger charge is -2.11. The third-order valence-corrected chi connectivity index (χ3v) is 4.03. The van der Waals surface area contributed by atoms with Gasteiger partial charge in [0.15, 0.2) is 0 Å². The van der Waals surface area contributed by atoms with Crippen LogP contribution in [0.5, 0.6) is 5.75 Å². The minimum Gasteiger partial charge on any atom is -0.486 e. The first kappa shape index (κ1) is 18.4. The van der Waals surface area contributed by atoms with Crippen LogP contribution in [-0.2, 0) is 27.5 Å². The Bertz CT molecular complexity index is 921. The number of nitrogens with one attached hydrogen (secondary N) is 1. The molecule has 1 heterocycles. The van der Waals surface area contributed by atoms with E-state index in [9.17, 15) is 9.59 Å². The number of ether oxygens (including phenoxy) is 2. The molecule has 7 nitrogen and oxygen atoms in total. The van der Waals surface area contributed by atoms with Crippen LogP contribution in [0, 0.1) is 0 Å². The number of hydrogen-bond acceptors (Lipinski definition) is 5. The summed E-state index contributed by atoms with van der Waals surface area (Å²) in [5.41, 5.74) is 1.65. The highest BCUT2D eigenvalue weighted by molar-refractivity contribution is 5.81. The maximum Gasteiger partial charge on any atom is 0.307 e. The summed E-state index contributed by atoms with van der Waals surface area (Å²) in [6, 6.07) is 17.1. The summed E-state index contributed by atoms with van der Waals surface area (Å²) in [5.74, 6) is 0.824. The lowest BCUT2D eigenvalue weighted by atomic mass is 10.3. The molecule has 1 N–H and O–H groups in total. The molecule has 1 amide bonds. The number of methoxy groups -OCH3 is 1. The summed E-state index contributed by atoms with van der Waals surface area (Å²) >= 11 is 0. The molecule has 2 aromatic carbocycles. The molecule has 0 aliphatic heterocycles. The standard InChI is InChI=1S/C20H21N3O4/c1-26-20(25)11-12-21-19(24)13-23-17-10-6-5-9-16(17)22-18(23)14-27-15-7-3-2-4-8-15/h2-10H,11-14H2,1H3,(H,21,24). The molecule has 0 saturated carbocycles. The van der Waals surface area contributed by atoms with Crippen molar-refractivity contribution in [1.29, 1.82) is 0 Å². The Morgan fingerprint density at radius 1 is 1.07 bits per heavy atom. The van der Waals surface area contributed by atoms with Crippen molar-refractivity contribution in [2.75, 3.05) is 13.7 Å². The monoisotopic (exact) mass is 367 g/mol. The number of carbonyl (C=O) groups excluding carboxylic acids is 2. The smallest absolute Gasteiger partial charge is 0.307 e. The van der Waals surface area contributed by atoms with Crippen LogP contribution in [0.15, 0.2) is 54.6 Å². The van der Waals surface area contributed by atoms with Crippen molar-refractivity contribution >= 4 is 22.9 Å². The highest BCUT2D eigenvalue weighted by Gasteiger charge is 2.14. The number of benzene rings is 2. The molecule has 140 valence electrons. The van der Waals surface area contributed by atoms with Crippen LogP contribution in [0.2, 0.25) is 0 Å². The van der Waals surface area contributed by atoms with Crippen molar-refractivity contribution in [1.82, 2.24) is 14.9 Å². The van der Waals surface area contributed by atoms with Crippen LogP contribution >= 0.6 is 0 Å². The predicted octanol–water partition coefficient (Wildman–Crippen LogP) is 2.29. The van der Waals surface area contributed by atoms with Crippen molar-refractivity contribution in [2.24, 2.45) is 0 Å². The van der Waals surface area contributed by atoms with Gasteiger partial charge >= 0.3 is 5.97 Å². The lowest BCUT2D eigenvalue weighted by molar-refractivity contribution is -0.140. The van der Waals surface area contributed by atoms with E-state index in [0.29, 0.717) is 5.82 Å². The summed E-state index contributed by atoms with van der Waals surface area (Å²) < 4.78 is 12.2. The molecule has 0 atom stereocenters. The molecule has 27 heavy (non-hydrogen) atoms. The van der Waals surface area contributed by atoms with E-state index in [1.807, 2.05) is 59.2 Å². The van der Waals surface area contributed by atoms with Gasteiger partial charge in [0.1, 0.15) is 24.7 Å². The van der Waals surface area contributed by atoms with Crippen LogP contribution in [0.25, 0.3) is 11.0 Å². The minimum absolute atomic E-state index is 0.0924. The Balaban J connectivity index is 1.72. The quantitative estimate of drug-likeness (QED) is 0.618. The first-order valence-electron chi connectivity index (χ1n) is 8.63. The fourth-order valence-electron chi connectivity index (χ4n) is 2.68. The molecule has 0 fully saturated rings. The minimum atomic E-state index is -0.361. The normalized spacial score (nSPS) is 10.6. The number of carbonyl (C=O) groups is 2. The van der Waals surface area contributed by atoms with Crippen LogP contribution in [0.1, 0.15) is 12.2 Å². The molecule has 0 unspecified atom stereocenters. The number of imidazole rings is 1. The molecule has 7 heteroatoms. The first-order chi connectivity index (χ1) is 13.2. The van der Waals surface area contributed by atoms with Gasteiger partial charge in [-0.3, -0.25) is 9.59 Å². The molecule has 0 spiro atoms. The predicted molar refractivity (Wildman–Crippen MR) is 100 cm³/mol. The molecular formula is C20H21N3O4. The third kappa shape index (κ3) is 4.84. The Kier molecular flexibility index (Phi) is 6.04. The van der Waals surface area contributed by atoms with Gasteiger partial charge in [0.05, 0.1) is 24.6 Å². The van der Waals surface area contributed by atoms with E-state index in [1.54, 1.807) is 0 Å². The van der Waals surface area contributed by atoms with Crippen LogP contribution < -0.4 is 10.1 Å². The number of nitrogens with zero attached hydrogens (tertiary/aromatic N) is 2. The zero-order valence-corrected chi connectivity index (χ0v) is 15.1. The molecule has 0 aliphatic carbocycles. The van der Waals surface area contributed by atoms with E-state index in [2.05, 4.69) is 15.0 Å². The topological polar surface area (TPSA) is 82.5 Å². The number of para-hydroxylation sites is 3. The SMILES string of the molecule is COC(=O)CCNC(=O)Cn1c(COc2ccccc2)nc2ccccc21. The largest absolute Gasteiger partial charge is 0.486 e. The Morgan fingerprint density at radius 3 is 2.59 bits per heavy atom. The molecular weight excluding hydrogens is 346 g/mol. The molecule has 0 radical (unpaired) electrons. The molecule has 0 saturated heterocycles. The lowest BCUT2D eigenvalue weighted by Crippen LogP contribution is -2.30.